The van der Waals surface area contributed by atoms with Gasteiger partial charge < -0.3 is 50.5 Å². The lowest BCUT2D eigenvalue weighted by Crippen LogP contribution is -2.63. The molecule has 30 heavy (non-hydrogen) atoms. The average molecular weight is 438 g/mol. The largest absolute Gasteiger partial charge is 0.396 e. The molecule has 0 bridgehead atoms. The molecule has 0 spiro atoms. The predicted octanol–water partition coefficient (Wildman–Crippen LogP) is -2.02. The predicted molar refractivity (Wildman–Crippen MR) is 106 cm³/mol. The van der Waals surface area contributed by atoms with E-state index in [1.54, 1.807) is 0 Å². The van der Waals surface area contributed by atoms with Crippen LogP contribution in [0.2, 0.25) is 0 Å². The van der Waals surface area contributed by atoms with Gasteiger partial charge in [0.1, 0.15) is 24.4 Å². The molecule has 2 rings (SSSR count). The number of aliphatic hydroxyl groups excluding tert-OH is 7. The van der Waals surface area contributed by atoms with Gasteiger partial charge >= 0.3 is 0 Å². The molecule has 9 unspecified atom stereocenters. The molecule has 0 saturated carbocycles. The SMILES string of the molecule is OCCCCCCCCC1NC(CO)C(OC2OC(CO)C(O)C(O)C2O)CC1O. The fourth-order valence-electron chi connectivity index (χ4n) is 4.19. The standard InChI is InChI=1S/C20H39NO9/c22-8-6-4-2-1-3-5-7-12-14(25)9-15(13(10-23)21-12)29-20-19(28)18(27)17(26)16(11-24)30-20/h12-28H,1-11H2. The van der Waals surface area contributed by atoms with E-state index in [-0.39, 0.29) is 25.7 Å². The second-order valence-corrected chi connectivity index (χ2v) is 8.37. The van der Waals surface area contributed by atoms with Crippen molar-refractivity contribution in [1.29, 1.82) is 0 Å². The Morgan fingerprint density at radius 1 is 0.767 bits per heavy atom. The minimum absolute atomic E-state index is 0.186. The van der Waals surface area contributed by atoms with Crippen molar-refractivity contribution in [3.8, 4) is 0 Å². The summed E-state index contributed by atoms with van der Waals surface area (Å²) in [7, 11) is 0. The molecule has 2 saturated heterocycles. The molecule has 10 heteroatoms. The average Bonchev–Trinajstić information content (AvgIpc) is 2.74. The van der Waals surface area contributed by atoms with E-state index in [1.807, 2.05) is 0 Å². The van der Waals surface area contributed by atoms with Crippen molar-refractivity contribution in [3.63, 3.8) is 0 Å². The zero-order valence-electron chi connectivity index (χ0n) is 17.4. The molecular formula is C20H39NO9. The number of hydrogen-bond acceptors (Lipinski definition) is 10. The molecule has 2 aliphatic rings. The molecule has 2 heterocycles. The van der Waals surface area contributed by atoms with Crippen molar-refractivity contribution in [2.24, 2.45) is 0 Å². The molecule has 2 fully saturated rings. The fraction of sp³-hybridized carbons (Fsp3) is 1.00. The number of piperidine rings is 1. The van der Waals surface area contributed by atoms with Gasteiger partial charge in [-0.2, -0.15) is 0 Å². The minimum atomic E-state index is -1.54. The Kier molecular flexibility index (Phi) is 11.4. The molecular weight excluding hydrogens is 398 g/mol. The highest BCUT2D eigenvalue weighted by molar-refractivity contribution is 4.95. The van der Waals surface area contributed by atoms with Crippen LogP contribution in [0.25, 0.3) is 0 Å². The van der Waals surface area contributed by atoms with E-state index < -0.39 is 55.6 Å². The number of nitrogens with one attached hydrogen (secondary N) is 1. The first-order valence-electron chi connectivity index (χ1n) is 11.0. The van der Waals surface area contributed by atoms with Crippen LogP contribution in [0.15, 0.2) is 0 Å². The summed E-state index contributed by atoms with van der Waals surface area (Å²) >= 11 is 0. The second-order valence-electron chi connectivity index (χ2n) is 8.37. The van der Waals surface area contributed by atoms with E-state index in [2.05, 4.69) is 5.32 Å². The zero-order valence-corrected chi connectivity index (χ0v) is 17.4. The summed E-state index contributed by atoms with van der Waals surface area (Å²) in [6.45, 7) is -0.568. The summed E-state index contributed by atoms with van der Waals surface area (Å²) in [5.41, 5.74) is 0. The summed E-state index contributed by atoms with van der Waals surface area (Å²) in [5, 5.41) is 71.5. The van der Waals surface area contributed by atoms with E-state index >= 15 is 0 Å². The highest BCUT2D eigenvalue weighted by atomic mass is 16.7. The summed E-state index contributed by atoms with van der Waals surface area (Å²) in [6, 6.07) is -0.676. The Balaban J connectivity index is 1.82. The Bertz CT molecular complexity index is 470. The lowest BCUT2D eigenvalue weighted by Gasteiger charge is -2.45. The normalized spacial score (nSPS) is 39.9. The molecule has 0 radical (unpaired) electrons. The van der Waals surface area contributed by atoms with E-state index in [0.717, 1.165) is 44.9 Å². The fourth-order valence-corrected chi connectivity index (χ4v) is 4.19. The third-order valence-corrected chi connectivity index (χ3v) is 6.09. The van der Waals surface area contributed by atoms with Gasteiger partial charge in [0.25, 0.3) is 0 Å². The summed E-state index contributed by atoms with van der Waals surface area (Å²) in [6.07, 6.45) is -1.36. The van der Waals surface area contributed by atoms with Crippen molar-refractivity contribution in [2.45, 2.75) is 106 Å². The molecule has 8 N–H and O–H groups in total. The zero-order chi connectivity index (χ0) is 22.1. The molecule has 178 valence electrons. The Morgan fingerprint density at radius 3 is 2.07 bits per heavy atom. The van der Waals surface area contributed by atoms with Gasteiger partial charge in [0.2, 0.25) is 0 Å². The first-order valence-corrected chi connectivity index (χ1v) is 11.0. The van der Waals surface area contributed by atoms with Crippen molar-refractivity contribution in [3.05, 3.63) is 0 Å². The van der Waals surface area contributed by atoms with Crippen molar-refractivity contribution in [2.75, 3.05) is 19.8 Å². The van der Waals surface area contributed by atoms with Gasteiger partial charge in [0, 0.05) is 19.1 Å². The van der Waals surface area contributed by atoms with Gasteiger partial charge in [-0.25, -0.2) is 0 Å². The molecule has 10 nitrogen and oxygen atoms in total. The summed E-state index contributed by atoms with van der Waals surface area (Å²) < 4.78 is 11.1. The smallest absolute Gasteiger partial charge is 0.187 e. The van der Waals surface area contributed by atoms with E-state index in [4.69, 9.17) is 14.6 Å². The van der Waals surface area contributed by atoms with Crippen LogP contribution in [0.1, 0.15) is 51.4 Å². The Morgan fingerprint density at radius 2 is 1.43 bits per heavy atom. The van der Waals surface area contributed by atoms with Crippen molar-refractivity contribution < 1.29 is 45.2 Å². The quantitative estimate of drug-likeness (QED) is 0.159. The highest BCUT2D eigenvalue weighted by Crippen LogP contribution is 2.27. The highest BCUT2D eigenvalue weighted by Gasteiger charge is 2.46. The van der Waals surface area contributed by atoms with Crippen molar-refractivity contribution in [1.82, 2.24) is 5.32 Å². The maximum atomic E-state index is 10.5. The molecule has 9 atom stereocenters. The van der Waals surface area contributed by atoms with E-state index in [9.17, 15) is 30.6 Å². The van der Waals surface area contributed by atoms with Crippen molar-refractivity contribution >= 4 is 0 Å². The molecule has 0 aromatic heterocycles. The molecule has 0 aromatic rings. The van der Waals surface area contributed by atoms with Crippen LogP contribution >= 0.6 is 0 Å². The van der Waals surface area contributed by atoms with Crippen LogP contribution < -0.4 is 5.32 Å². The number of hydrogen-bond donors (Lipinski definition) is 8. The molecule has 0 aliphatic carbocycles. The first-order chi connectivity index (χ1) is 14.4. The summed E-state index contributed by atoms with van der Waals surface area (Å²) in [5.74, 6) is 0. The van der Waals surface area contributed by atoms with Gasteiger partial charge in [-0.15, -0.1) is 0 Å². The number of unbranched alkanes of at least 4 members (excludes halogenated alkanes) is 5. The van der Waals surface area contributed by atoms with Crippen LogP contribution in [0.5, 0.6) is 0 Å². The molecule has 2 aliphatic heterocycles. The number of aliphatic hydroxyl groups is 7. The van der Waals surface area contributed by atoms with Crippen LogP contribution in [-0.4, -0.2) is 111 Å². The van der Waals surface area contributed by atoms with Crippen LogP contribution in [0.3, 0.4) is 0 Å². The molecule has 0 amide bonds. The number of ether oxygens (including phenoxy) is 2. The van der Waals surface area contributed by atoms with E-state index in [0.29, 0.717) is 0 Å². The van der Waals surface area contributed by atoms with Crippen LogP contribution in [-0.2, 0) is 9.47 Å². The lowest BCUT2D eigenvalue weighted by atomic mass is 9.90. The van der Waals surface area contributed by atoms with Crippen LogP contribution in [0.4, 0.5) is 0 Å². The molecule has 0 aromatic carbocycles. The van der Waals surface area contributed by atoms with Gasteiger partial charge in [0.05, 0.1) is 31.5 Å². The Labute approximate surface area is 177 Å². The van der Waals surface area contributed by atoms with Gasteiger partial charge in [-0.1, -0.05) is 32.1 Å². The maximum Gasteiger partial charge on any atom is 0.187 e. The van der Waals surface area contributed by atoms with Crippen LogP contribution in [0, 0.1) is 0 Å². The summed E-state index contributed by atoms with van der Waals surface area (Å²) in [4.78, 5) is 0. The maximum absolute atomic E-state index is 10.5. The van der Waals surface area contributed by atoms with Gasteiger partial charge in [-0.05, 0) is 12.8 Å². The topological polar surface area (TPSA) is 172 Å². The Hall–Kier alpha value is -0.400. The van der Waals surface area contributed by atoms with E-state index in [1.165, 1.54) is 0 Å². The third kappa shape index (κ3) is 7.06. The first kappa shape index (κ1) is 25.9. The van der Waals surface area contributed by atoms with Gasteiger partial charge in [0.15, 0.2) is 6.29 Å². The second kappa shape index (κ2) is 13.2. The minimum Gasteiger partial charge on any atom is -0.396 e. The monoisotopic (exact) mass is 437 g/mol. The third-order valence-electron chi connectivity index (χ3n) is 6.09. The van der Waals surface area contributed by atoms with Gasteiger partial charge in [-0.3, -0.25) is 0 Å². The lowest BCUT2D eigenvalue weighted by molar-refractivity contribution is -0.317. The number of rotatable bonds is 12.